The van der Waals surface area contributed by atoms with Crippen molar-refractivity contribution in [2.24, 2.45) is 0 Å². The molecule has 0 unspecified atom stereocenters. The fourth-order valence-electron chi connectivity index (χ4n) is 2.82. The molecule has 1 fully saturated rings. The van der Waals surface area contributed by atoms with Crippen molar-refractivity contribution >= 4 is 10.0 Å². The van der Waals surface area contributed by atoms with Crippen molar-refractivity contribution in [2.45, 2.75) is 42.7 Å². The molecule has 1 aliphatic carbocycles. The maximum absolute atomic E-state index is 12.4. The number of aromatic nitrogens is 3. The molecule has 0 radical (unpaired) electrons. The smallest absolute Gasteiger partial charge is 0.242 e. The van der Waals surface area contributed by atoms with Crippen molar-refractivity contribution in [3.05, 3.63) is 43.0 Å². The van der Waals surface area contributed by atoms with Crippen molar-refractivity contribution < 1.29 is 8.42 Å². The van der Waals surface area contributed by atoms with Gasteiger partial charge in [0, 0.05) is 30.8 Å². The zero-order valence-corrected chi connectivity index (χ0v) is 12.4. The van der Waals surface area contributed by atoms with E-state index in [1.807, 2.05) is 16.9 Å². The highest BCUT2D eigenvalue weighted by Gasteiger charge is 2.30. The van der Waals surface area contributed by atoms with Crippen LogP contribution in [-0.2, 0) is 10.0 Å². The van der Waals surface area contributed by atoms with Gasteiger partial charge in [-0.05, 0) is 31.0 Å². The number of hydrogen-bond donors (Lipinski definition) is 1. The summed E-state index contributed by atoms with van der Waals surface area (Å²) in [5.74, 6) is 0. The Morgan fingerprint density at radius 1 is 1.19 bits per heavy atom. The van der Waals surface area contributed by atoms with Crippen LogP contribution < -0.4 is 4.72 Å². The molecule has 0 saturated heterocycles. The molecule has 1 aliphatic rings. The fourth-order valence-corrected chi connectivity index (χ4v) is 4.08. The van der Waals surface area contributed by atoms with E-state index in [2.05, 4.69) is 14.8 Å². The molecule has 3 rings (SSSR count). The van der Waals surface area contributed by atoms with Gasteiger partial charge in [0.05, 0.1) is 6.04 Å². The summed E-state index contributed by atoms with van der Waals surface area (Å²) in [6, 6.07) is 4.98. The van der Waals surface area contributed by atoms with E-state index in [0.29, 0.717) is 0 Å². The molecule has 0 bridgehead atoms. The Morgan fingerprint density at radius 3 is 2.76 bits per heavy atom. The Hall–Kier alpha value is -1.73. The third-order valence-electron chi connectivity index (χ3n) is 3.85. The van der Waals surface area contributed by atoms with Gasteiger partial charge in [0.2, 0.25) is 10.0 Å². The lowest BCUT2D eigenvalue weighted by atomic mass is 9.91. The number of nitrogens with one attached hydrogen (secondary N) is 1. The SMILES string of the molecule is O=S(=O)(N[C@H]1CCCC[C@H]1n1cccn1)c1cccnc1. The van der Waals surface area contributed by atoms with E-state index in [0.717, 1.165) is 25.7 Å². The molecule has 0 aromatic carbocycles. The van der Waals surface area contributed by atoms with Gasteiger partial charge in [0.1, 0.15) is 4.90 Å². The van der Waals surface area contributed by atoms with E-state index in [-0.39, 0.29) is 17.0 Å². The molecular weight excluding hydrogens is 288 g/mol. The van der Waals surface area contributed by atoms with Crippen LogP contribution in [0.5, 0.6) is 0 Å². The van der Waals surface area contributed by atoms with Crippen molar-refractivity contribution in [1.29, 1.82) is 0 Å². The van der Waals surface area contributed by atoms with Crippen molar-refractivity contribution in [2.75, 3.05) is 0 Å². The highest BCUT2D eigenvalue weighted by molar-refractivity contribution is 7.89. The number of nitrogens with zero attached hydrogens (tertiary/aromatic N) is 3. The van der Waals surface area contributed by atoms with E-state index < -0.39 is 10.0 Å². The highest BCUT2D eigenvalue weighted by Crippen LogP contribution is 2.29. The van der Waals surface area contributed by atoms with Crippen LogP contribution in [-0.4, -0.2) is 29.2 Å². The van der Waals surface area contributed by atoms with Gasteiger partial charge in [-0.1, -0.05) is 12.8 Å². The van der Waals surface area contributed by atoms with Gasteiger partial charge in [-0.25, -0.2) is 13.1 Å². The molecule has 2 aromatic heterocycles. The lowest BCUT2D eigenvalue weighted by Crippen LogP contribution is -2.43. The third kappa shape index (κ3) is 3.14. The second-order valence-corrected chi connectivity index (χ2v) is 6.97. The summed E-state index contributed by atoms with van der Waals surface area (Å²) >= 11 is 0. The molecule has 2 atom stereocenters. The lowest BCUT2D eigenvalue weighted by molar-refractivity contribution is 0.270. The quantitative estimate of drug-likeness (QED) is 0.933. The molecule has 7 heteroatoms. The van der Waals surface area contributed by atoms with Crippen LogP contribution in [0.1, 0.15) is 31.7 Å². The summed E-state index contributed by atoms with van der Waals surface area (Å²) in [7, 11) is -3.54. The zero-order valence-electron chi connectivity index (χ0n) is 11.6. The predicted molar refractivity (Wildman–Crippen MR) is 78.1 cm³/mol. The Bertz CT molecular complexity index is 670. The van der Waals surface area contributed by atoms with Gasteiger partial charge in [-0.15, -0.1) is 0 Å². The fraction of sp³-hybridized carbons (Fsp3) is 0.429. The van der Waals surface area contributed by atoms with Crippen LogP contribution in [0.15, 0.2) is 47.9 Å². The van der Waals surface area contributed by atoms with Crippen LogP contribution in [0.25, 0.3) is 0 Å². The molecule has 1 N–H and O–H groups in total. The minimum Gasteiger partial charge on any atom is -0.268 e. The predicted octanol–water partition coefficient (Wildman–Crippen LogP) is 1.74. The number of hydrogen-bond acceptors (Lipinski definition) is 4. The van der Waals surface area contributed by atoms with Gasteiger partial charge in [-0.3, -0.25) is 9.67 Å². The van der Waals surface area contributed by atoms with E-state index in [1.165, 1.54) is 6.20 Å². The number of pyridine rings is 1. The van der Waals surface area contributed by atoms with E-state index >= 15 is 0 Å². The second-order valence-electron chi connectivity index (χ2n) is 5.25. The van der Waals surface area contributed by atoms with Crippen LogP contribution in [0.4, 0.5) is 0 Å². The van der Waals surface area contributed by atoms with Crippen molar-refractivity contribution in [3.63, 3.8) is 0 Å². The van der Waals surface area contributed by atoms with Crippen LogP contribution in [0.2, 0.25) is 0 Å². The van der Waals surface area contributed by atoms with Crippen LogP contribution in [0, 0.1) is 0 Å². The average molecular weight is 306 g/mol. The molecule has 2 aromatic rings. The number of rotatable bonds is 4. The standard InChI is InChI=1S/C14H18N4O2S/c19-21(20,12-5-3-8-15-11-12)17-13-6-1-2-7-14(13)18-10-4-9-16-18/h3-5,8-11,13-14,17H,1-2,6-7H2/t13-,14+/m0/s1. The molecule has 0 aliphatic heterocycles. The Balaban J connectivity index is 1.82. The monoisotopic (exact) mass is 306 g/mol. The summed E-state index contributed by atoms with van der Waals surface area (Å²) in [5.41, 5.74) is 0. The molecule has 1 saturated carbocycles. The molecule has 112 valence electrons. The number of sulfonamides is 1. The first-order valence-corrected chi connectivity index (χ1v) is 8.56. The second kappa shape index (κ2) is 5.95. The topological polar surface area (TPSA) is 76.9 Å². The van der Waals surface area contributed by atoms with E-state index in [9.17, 15) is 8.42 Å². The molecule has 21 heavy (non-hydrogen) atoms. The van der Waals surface area contributed by atoms with E-state index in [4.69, 9.17) is 0 Å². The normalized spacial score (nSPS) is 23.0. The molecular formula is C14H18N4O2S. The third-order valence-corrected chi connectivity index (χ3v) is 5.32. The lowest BCUT2D eigenvalue weighted by Gasteiger charge is -2.32. The van der Waals surface area contributed by atoms with E-state index in [1.54, 1.807) is 24.5 Å². The zero-order chi connectivity index (χ0) is 14.7. The van der Waals surface area contributed by atoms with Gasteiger partial charge < -0.3 is 0 Å². The first-order chi connectivity index (χ1) is 10.2. The van der Waals surface area contributed by atoms with Crippen LogP contribution >= 0.6 is 0 Å². The maximum Gasteiger partial charge on any atom is 0.242 e. The first kappa shape index (κ1) is 14.2. The minimum atomic E-state index is -3.54. The Kier molecular flexibility index (Phi) is 4.03. The molecule has 0 spiro atoms. The largest absolute Gasteiger partial charge is 0.268 e. The molecule has 2 heterocycles. The average Bonchev–Trinajstić information content (AvgIpc) is 3.02. The summed E-state index contributed by atoms with van der Waals surface area (Å²) in [5, 5.41) is 4.26. The molecule has 0 amide bonds. The summed E-state index contributed by atoms with van der Waals surface area (Å²) in [4.78, 5) is 4.08. The van der Waals surface area contributed by atoms with Gasteiger partial charge >= 0.3 is 0 Å². The van der Waals surface area contributed by atoms with Crippen molar-refractivity contribution in [3.8, 4) is 0 Å². The first-order valence-electron chi connectivity index (χ1n) is 7.08. The summed E-state index contributed by atoms with van der Waals surface area (Å²) in [6.07, 6.45) is 10.4. The summed E-state index contributed by atoms with van der Waals surface area (Å²) < 4.78 is 29.5. The summed E-state index contributed by atoms with van der Waals surface area (Å²) in [6.45, 7) is 0. The van der Waals surface area contributed by atoms with Gasteiger partial charge in [-0.2, -0.15) is 5.10 Å². The van der Waals surface area contributed by atoms with Gasteiger partial charge in [0.25, 0.3) is 0 Å². The van der Waals surface area contributed by atoms with Crippen molar-refractivity contribution in [1.82, 2.24) is 19.5 Å². The maximum atomic E-state index is 12.4. The minimum absolute atomic E-state index is 0.0696. The Labute approximate surface area is 124 Å². The highest BCUT2D eigenvalue weighted by atomic mass is 32.2. The Morgan fingerprint density at radius 2 is 2.05 bits per heavy atom. The van der Waals surface area contributed by atoms with Gasteiger partial charge in [0.15, 0.2) is 0 Å². The van der Waals surface area contributed by atoms with Crippen LogP contribution in [0.3, 0.4) is 0 Å². The molecule has 6 nitrogen and oxygen atoms in total.